The molecule has 1 saturated carbocycles. The molecule has 0 radical (unpaired) electrons. The van der Waals surface area contributed by atoms with E-state index in [-0.39, 0.29) is 23.4 Å². The number of hydrogen-bond donors (Lipinski definition) is 2. The Kier molecular flexibility index (Phi) is 6.72. The fourth-order valence-corrected chi connectivity index (χ4v) is 5.57. The number of aryl methyl sites for hydroxylation is 1. The van der Waals surface area contributed by atoms with Crippen molar-refractivity contribution in [2.24, 2.45) is 5.92 Å². The molecule has 2 aromatic carbocycles. The average Bonchev–Trinajstić information content (AvgIpc) is 3.10. The van der Waals surface area contributed by atoms with E-state index < -0.39 is 28.7 Å². The molecule has 1 unspecified atom stereocenters. The first-order valence-corrected chi connectivity index (χ1v) is 12.6. The van der Waals surface area contributed by atoms with Crippen LogP contribution in [-0.2, 0) is 10.4 Å². The minimum absolute atomic E-state index is 0.0259. The minimum Gasteiger partial charge on any atom is -0.372 e. The number of amides is 2. The molecule has 2 aliphatic rings. The second kappa shape index (κ2) is 9.84. The van der Waals surface area contributed by atoms with Gasteiger partial charge in [0.2, 0.25) is 0 Å². The summed E-state index contributed by atoms with van der Waals surface area (Å²) in [7, 11) is 0. The van der Waals surface area contributed by atoms with Gasteiger partial charge in [-0.15, -0.1) is 0 Å². The van der Waals surface area contributed by atoms with Gasteiger partial charge in [-0.25, -0.2) is 8.78 Å². The van der Waals surface area contributed by atoms with E-state index in [4.69, 9.17) is 11.6 Å². The van der Waals surface area contributed by atoms with Crippen LogP contribution in [0.4, 0.5) is 14.5 Å². The van der Waals surface area contributed by atoms with E-state index in [1.54, 1.807) is 37.3 Å². The molecule has 0 bridgehead atoms. The number of aliphatic hydroxyl groups is 1. The Labute approximate surface area is 218 Å². The molecule has 2 amide bonds. The maximum Gasteiger partial charge on any atom is 0.268 e. The lowest BCUT2D eigenvalue weighted by Crippen LogP contribution is -2.45. The number of benzene rings is 2. The number of aromatic nitrogens is 1. The highest BCUT2D eigenvalue weighted by Crippen LogP contribution is 2.46. The van der Waals surface area contributed by atoms with Crippen molar-refractivity contribution in [2.45, 2.75) is 44.2 Å². The molecular formula is C28H26ClF2N3O3. The molecule has 1 aliphatic carbocycles. The van der Waals surface area contributed by atoms with Gasteiger partial charge >= 0.3 is 0 Å². The number of pyridine rings is 1. The lowest BCUT2D eigenvalue weighted by molar-refractivity contribution is -0.132. The predicted molar refractivity (Wildman–Crippen MR) is 135 cm³/mol. The third kappa shape index (κ3) is 4.49. The van der Waals surface area contributed by atoms with Crippen molar-refractivity contribution >= 4 is 29.1 Å². The van der Waals surface area contributed by atoms with Crippen LogP contribution in [0.1, 0.15) is 52.9 Å². The Hall–Kier alpha value is -3.36. The van der Waals surface area contributed by atoms with Gasteiger partial charge in [0.05, 0.1) is 22.0 Å². The molecule has 3 aromatic rings. The lowest BCUT2D eigenvalue weighted by atomic mass is 9.85. The van der Waals surface area contributed by atoms with Gasteiger partial charge in [-0.2, -0.15) is 0 Å². The van der Waals surface area contributed by atoms with Crippen LogP contribution in [0.5, 0.6) is 0 Å². The van der Waals surface area contributed by atoms with Gasteiger partial charge in [0, 0.05) is 29.9 Å². The number of halogens is 3. The number of nitrogens with one attached hydrogen (secondary N) is 1. The molecule has 5 rings (SSSR count). The van der Waals surface area contributed by atoms with Gasteiger partial charge in [0.1, 0.15) is 0 Å². The summed E-state index contributed by atoms with van der Waals surface area (Å²) in [6.07, 6.45) is 4.43. The van der Waals surface area contributed by atoms with Crippen LogP contribution in [0.3, 0.4) is 0 Å². The Bertz CT molecular complexity index is 1380. The fourth-order valence-electron chi connectivity index (χ4n) is 5.41. The summed E-state index contributed by atoms with van der Waals surface area (Å²) in [6.45, 7) is 2.08. The second-order valence-corrected chi connectivity index (χ2v) is 10.2. The van der Waals surface area contributed by atoms with Crippen LogP contribution in [0, 0.1) is 24.5 Å². The minimum atomic E-state index is -2.31. The van der Waals surface area contributed by atoms with Crippen molar-refractivity contribution in [3.05, 3.63) is 93.8 Å². The summed E-state index contributed by atoms with van der Waals surface area (Å²) in [5.74, 6) is -3.17. The summed E-state index contributed by atoms with van der Waals surface area (Å²) in [5.41, 5.74) is -0.947. The van der Waals surface area contributed by atoms with Crippen LogP contribution in [0.25, 0.3) is 0 Å². The van der Waals surface area contributed by atoms with Crippen LogP contribution in [0.15, 0.2) is 54.7 Å². The molecule has 192 valence electrons. The average molecular weight is 526 g/mol. The summed E-state index contributed by atoms with van der Waals surface area (Å²) in [5, 5.41) is 15.0. The van der Waals surface area contributed by atoms with Crippen molar-refractivity contribution in [2.75, 3.05) is 11.4 Å². The molecule has 1 aromatic heterocycles. The molecule has 0 saturated heterocycles. The molecule has 9 heteroatoms. The third-order valence-electron chi connectivity index (χ3n) is 7.40. The maximum atomic E-state index is 14.7. The maximum absolute atomic E-state index is 14.7. The van der Waals surface area contributed by atoms with Gasteiger partial charge in [-0.05, 0) is 56.7 Å². The highest BCUT2D eigenvalue weighted by molar-refractivity contribution is 6.30. The smallest absolute Gasteiger partial charge is 0.268 e. The zero-order valence-corrected chi connectivity index (χ0v) is 20.9. The number of hydrogen-bond acceptors (Lipinski definition) is 4. The molecular weight excluding hydrogens is 500 g/mol. The van der Waals surface area contributed by atoms with E-state index in [0.717, 1.165) is 31.7 Å². The van der Waals surface area contributed by atoms with E-state index in [0.29, 0.717) is 28.5 Å². The predicted octanol–water partition coefficient (Wildman–Crippen LogP) is 4.89. The van der Waals surface area contributed by atoms with Gasteiger partial charge in [0.25, 0.3) is 11.8 Å². The number of nitrogens with zero attached hydrogens (tertiary/aromatic N) is 2. The van der Waals surface area contributed by atoms with Gasteiger partial charge in [-0.3, -0.25) is 14.6 Å². The van der Waals surface area contributed by atoms with Crippen LogP contribution < -0.4 is 10.2 Å². The van der Waals surface area contributed by atoms with Crippen LogP contribution >= 0.6 is 11.6 Å². The Morgan fingerprint density at radius 2 is 1.84 bits per heavy atom. The first kappa shape index (κ1) is 25.3. The first-order valence-electron chi connectivity index (χ1n) is 12.2. The molecule has 6 nitrogen and oxygen atoms in total. The van der Waals surface area contributed by atoms with E-state index in [9.17, 15) is 23.5 Å². The Morgan fingerprint density at radius 3 is 2.59 bits per heavy atom. The molecule has 1 atom stereocenters. The standard InChI is InChI=1S/C28H26ClF2N3O3/c1-16-20(13-18(29)14-32-16)26(35)33-19-11-9-17(10-12-19)15-34-24-8-3-2-5-21(24)28(37,27(34)36)22-6-4-7-23(30)25(22)31/h2-8,13-14,17,19,37H,9-12,15H2,1H3,(H,33,35)/t17-,19-,28?. The molecule has 1 aliphatic heterocycles. The van der Waals surface area contributed by atoms with Crippen molar-refractivity contribution in [3.63, 3.8) is 0 Å². The molecule has 37 heavy (non-hydrogen) atoms. The number of para-hydroxylation sites is 1. The third-order valence-corrected chi connectivity index (χ3v) is 7.61. The molecule has 1 fully saturated rings. The highest BCUT2D eigenvalue weighted by Gasteiger charge is 2.53. The van der Waals surface area contributed by atoms with Crippen LogP contribution in [-0.4, -0.2) is 34.5 Å². The van der Waals surface area contributed by atoms with Gasteiger partial charge in [0.15, 0.2) is 17.2 Å². The van der Waals surface area contributed by atoms with E-state index >= 15 is 0 Å². The van der Waals surface area contributed by atoms with Crippen molar-refractivity contribution < 1.29 is 23.5 Å². The number of anilines is 1. The monoisotopic (exact) mass is 525 g/mol. The van der Waals surface area contributed by atoms with Crippen molar-refractivity contribution in [1.82, 2.24) is 10.3 Å². The van der Waals surface area contributed by atoms with E-state index in [2.05, 4.69) is 10.3 Å². The quantitative estimate of drug-likeness (QED) is 0.497. The summed E-state index contributed by atoms with van der Waals surface area (Å²) < 4.78 is 28.7. The zero-order valence-electron chi connectivity index (χ0n) is 20.2. The highest BCUT2D eigenvalue weighted by atomic mass is 35.5. The van der Waals surface area contributed by atoms with E-state index in [1.165, 1.54) is 23.2 Å². The second-order valence-electron chi connectivity index (χ2n) is 9.72. The van der Waals surface area contributed by atoms with Gasteiger partial charge < -0.3 is 15.3 Å². The van der Waals surface area contributed by atoms with Gasteiger partial charge in [-0.1, -0.05) is 41.9 Å². The fraction of sp³-hybridized carbons (Fsp3) is 0.321. The summed E-state index contributed by atoms with van der Waals surface area (Å²) in [4.78, 5) is 31.9. The first-order chi connectivity index (χ1) is 17.7. The summed E-state index contributed by atoms with van der Waals surface area (Å²) >= 11 is 6.00. The number of carbonyl (C=O) groups is 2. The largest absolute Gasteiger partial charge is 0.372 e. The number of fused-ring (bicyclic) bond motifs is 1. The van der Waals surface area contributed by atoms with E-state index in [1.807, 2.05) is 0 Å². The number of carbonyl (C=O) groups excluding carboxylic acids is 2. The van der Waals surface area contributed by atoms with Crippen LogP contribution in [0.2, 0.25) is 5.02 Å². The van der Waals surface area contributed by atoms with Crippen molar-refractivity contribution in [3.8, 4) is 0 Å². The topological polar surface area (TPSA) is 82.5 Å². The zero-order chi connectivity index (χ0) is 26.3. The molecule has 2 N–H and O–H groups in total. The number of rotatable bonds is 5. The molecule has 2 heterocycles. The summed E-state index contributed by atoms with van der Waals surface area (Å²) in [6, 6.07) is 11.7. The normalized spacial score (nSPS) is 23.2. The lowest BCUT2D eigenvalue weighted by Gasteiger charge is -2.32. The molecule has 0 spiro atoms. The SMILES string of the molecule is Cc1ncc(Cl)cc1C(=O)N[C@H]1CC[C@H](CN2C(=O)C(O)(c3cccc(F)c3F)c3ccccc32)CC1. The Balaban J connectivity index is 1.29. The Morgan fingerprint density at radius 1 is 1.14 bits per heavy atom. The van der Waals surface area contributed by atoms with Crippen molar-refractivity contribution in [1.29, 1.82) is 0 Å².